The van der Waals surface area contributed by atoms with E-state index in [1.165, 1.54) is 30.0 Å². The highest BCUT2D eigenvalue weighted by atomic mass is 19.1. The SMILES string of the molecule is C=CCC(=O)N1[C@@H](/C=C(\C)C(=O)O)CC[C@H]1c1ccc(F)nc1F. The molecule has 5 nitrogen and oxygen atoms in total. The van der Waals surface area contributed by atoms with Crippen molar-refractivity contribution >= 4 is 11.9 Å². The minimum absolute atomic E-state index is 0.0448. The van der Waals surface area contributed by atoms with Crippen LogP contribution in [0.1, 0.15) is 37.8 Å². The fraction of sp³-hybridized carbons (Fsp3) is 0.353. The van der Waals surface area contributed by atoms with Crippen molar-refractivity contribution in [2.45, 2.75) is 38.3 Å². The van der Waals surface area contributed by atoms with Crippen LogP contribution in [0.4, 0.5) is 8.78 Å². The fourth-order valence-corrected chi connectivity index (χ4v) is 2.93. The van der Waals surface area contributed by atoms with Gasteiger partial charge in [-0.2, -0.15) is 13.8 Å². The topological polar surface area (TPSA) is 70.5 Å². The third kappa shape index (κ3) is 3.67. The molecule has 7 heteroatoms. The van der Waals surface area contributed by atoms with Gasteiger partial charge >= 0.3 is 5.97 Å². The maximum absolute atomic E-state index is 14.0. The molecule has 1 fully saturated rings. The Labute approximate surface area is 138 Å². The second-order valence-electron chi connectivity index (χ2n) is 5.62. The van der Waals surface area contributed by atoms with Crippen LogP contribution < -0.4 is 0 Å². The lowest BCUT2D eigenvalue weighted by atomic mass is 10.1. The van der Waals surface area contributed by atoms with Crippen molar-refractivity contribution in [1.82, 2.24) is 9.88 Å². The molecule has 0 aromatic carbocycles. The molecule has 2 rings (SSSR count). The van der Waals surface area contributed by atoms with Crippen LogP contribution >= 0.6 is 0 Å². The first-order chi connectivity index (χ1) is 11.3. The van der Waals surface area contributed by atoms with Gasteiger partial charge in [-0.3, -0.25) is 4.79 Å². The number of nitrogens with zero attached hydrogens (tertiary/aromatic N) is 2. The Balaban J connectivity index is 2.40. The molecule has 0 spiro atoms. The molecule has 1 aromatic heterocycles. The fourth-order valence-electron chi connectivity index (χ4n) is 2.93. The highest BCUT2D eigenvalue weighted by Crippen LogP contribution is 2.38. The summed E-state index contributed by atoms with van der Waals surface area (Å²) >= 11 is 0. The van der Waals surface area contributed by atoms with Crippen molar-refractivity contribution in [1.29, 1.82) is 0 Å². The lowest BCUT2D eigenvalue weighted by Gasteiger charge is -2.29. The number of aromatic nitrogens is 1. The van der Waals surface area contributed by atoms with Gasteiger partial charge in [-0.1, -0.05) is 12.2 Å². The first-order valence-electron chi connectivity index (χ1n) is 7.50. The van der Waals surface area contributed by atoms with Crippen LogP contribution in [-0.4, -0.2) is 32.9 Å². The van der Waals surface area contributed by atoms with E-state index in [0.29, 0.717) is 12.8 Å². The third-order valence-electron chi connectivity index (χ3n) is 4.02. The highest BCUT2D eigenvalue weighted by molar-refractivity contribution is 5.86. The maximum atomic E-state index is 14.0. The molecule has 0 saturated carbocycles. The predicted molar refractivity (Wildman–Crippen MR) is 83.0 cm³/mol. The van der Waals surface area contributed by atoms with Crippen molar-refractivity contribution in [3.63, 3.8) is 0 Å². The van der Waals surface area contributed by atoms with E-state index in [1.807, 2.05) is 0 Å². The number of rotatable bonds is 5. The summed E-state index contributed by atoms with van der Waals surface area (Å²) in [7, 11) is 0. The Morgan fingerprint density at radius 2 is 2.12 bits per heavy atom. The van der Waals surface area contributed by atoms with Crippen LogP contribution in [0.25, 0.3) is 0 Å². The lowest BCUT2D eigenvalue weighted by Crippen LogP contribution is -2.36. The van der Waals surface area contributed by atoms with Gasteiger partial charge in [0.1, 0.15) is 0 Å². The van der Waals surface area contributed by atoms with E-state index in [2.05, 4.69) is 11.6 Å². The zero-order valence-electron chi connectivity index (χ0n) is 13.2. The first kappa shape index (κ1) is 17.8. The molecule has 0 aliphatic carbocycles. The number of hydrogen-bond acceptors (Lipinski definition) is 3. The van der Waals surface area contributed by atoms with Crippen LogP contribution in [0.5, 0.6) is 0 Å². The Morgan fingerprint density at radius 3 is 2.71 bits per heavy atom. The average molecular weight is 336 g/mol. The van der Waals surface area contributed by atoms with Gasteiger partial charge in [0.05, 0.1) is 12.1 Å². The van der Waals surface area contributed by atoms with Crippen molar-refractivity contribution in [2.75, 3.05) is 0 Å². The van der Waals surface area contributed by atoms with E-state index in [1.54, 1.807) is 0 Å². The summed E-state index contributed by atoms with van der Waals surface area (Å²) in [5.41, 5.74) is 0.229. The molecule has 1 saturated heterocycles. The first-order valence-corrected chi connectivity index (χ1v) is 7.50. The summed E-state index contributed by atoms with van der Waals surface area (Å²) in [6.45, 7) is 4.96. The number of carboxylic acids is 1. The lowest BCUT2D eigenvalue weighted by molar-refractivity contribution is -0.134. The molecule has 0 radical (unpaired) electrons. The molecular formula is C17H18F2N2O3. The molecule has 0 unspecified atom stereocenters. The monoisotopic (exact) mass is 336 g/mol. The zero-order valence-corrected chi connectivity index (χ0v) is 13.2. The molecule has 2 atom stereocenters. The number of pyridine rings is 1. The zero-order chi connectivity index (χ0) is 17.9. The van der Waals surface area contributed by atoms with Gasteiger partial charge in [0.15, 0.2) is 0 Å². The number of carbonyl (C=O) groups is 2. The van der Waals surface area contributed by atoms with E-state index in [-0.39, 0.29) is 23.5 Å². The normalized spacial score (nSPS) is 21.0. The van der Waals surface area contributed by atoms with Crippen LogP contribution in [0.3, 0.4) is 0 Å². The summed E-state index contributed by atoms with van der Waals surface area (Å²) in [5, 5.41) is 9.03. The molecule has 1 aliphatic rings. The summed E-state index contributed by atoms with van der Waals surface area (Å²) in [6, 6.07) is 1.23. The number of carboxylic acid groups (broad SMARTS) is 1. The van der Waals surface area contributed by atoms with Crippen molar-refractivity contribution in [3.8, 4) is 0 Å². The van der Waals surface area contributed by atoms with Crippen molar-refractivity contribution in [3.05, 3.63) is 53.9 Å². The van der Waals surface area contributed by atoms with E-state index in [0.717, 1.165) is 6.07 Å². The molecule has 2 heterocycles. The van der Waals surface area contributed by atoms with Gasteiger partial charge in [-0.25, -0.2) is 4.79 Å². The second-order valence-corrected chi connectivity index (χ2v) is 5.62. The summed E-state index contributed by atoms with van der Waals surface area (Å²) in [5.74, 6) is -3.27. The van der Waals surface area contributed by atoms with Crippen LogP contribution in [0, 0.1) is 11.9 Å². The summed E-state index contributed by atoms with van der Waals surface area (Å²) < 4.78 is 27.1. The molecule has 1 N–H and O–H groups in total. The number of likely N-dealkylation sites (tertiary alicyclic amines) is 1. The number of carbonyl (C=O) groups excluding carboxylic acids is 1. The van der Waals surface area contributed by atoms with Gasteiger partial charge in [0, 0.05) is 17.6 Å². The van der Waals surface area contributed by atoms with Gasteiger partial charge in [0.2, 0.25) is 17.8 Å². The van der Waals surface area contributed by atoms with Gasteiger partial charge in [0.25, 0.3) is 0 Å². The van der Waals surface area contributed by atoms with E-state index in [9.17, 15) is 18.4 Å². The standard InChI is InChI=1S/C17H18F2N2O3/c1-3-4-15(22)21-11(9-10(2)17(23)24)5-7-13(21)12-6-8-14(18)20-16(12)19/h3,6,8-9,11,13H,1,4-5,7H2,2H3,(H,23,24)/b10-9+/t11-,13+/m1/s1. The van der Waals surface area contributed by atoms with Crippen LogP contribution in [0.2, 0.25) is 0 Å². The highest BCUT2D eigenvalue weighted by Gasteiger charge is 2.38. The van der Waals surface area contributed by atoms with Gasteiger partial charge < -0.3 is 10.0 Å². The molecule has 128 valence electrons. The van der Waals surface area contributed by atoms with Crippen molar-refractivity contribution < 1.29 is 23.5 Å². The minimum atomic E-state index is -1.08. The summed E-state index contributed by atoms with van der Waals surface area (Å²) in [4.78, 5) is 28.1. The number of hydrogen-bond donors (Lipinski definition) is 1. The number of halogens is 2. The summed E-state index contributed by atoms with van der Waals surface area (Å²) in [6.07, 6.45) is 3.87. The molecule has 1 aliphatic heterocycles. The largest absolute Gasteiger partial charge is 0.478 e. The van der Waals surface area contributed by atoms with Crippen molar-refractivity contribution in [2.24, 2.45) is 0 Å². The Morgan fingerprint density at radius 1 is 1.42 bits per heavy atom. The smallest absolute Gasteiger partial charge is 0.331 e. The Kier molecular flexibility index (Phi) is 5.43. The van der Waals surface area contributed by atoms with Crippen LogP contribution in [-0.2, 0) is 9.59 Å². The van der Waals surface area contributed by atoms with E-state index in [4.69, 9.17) is 5.11 Å². The van der Waals surface area contributed by atoms with E-state index < -0.39 is 29.9 Å². The molecule has 1 amide bonds. The molecule has 1 aromatic rings. The molecule has 0 bridgehead atoms. The molecular weight excluding hydrogens is 318 g/mol. The number of amides is 1. The second kappa shape index (κ2) is 7.33. The van der Waals surface area contributed by atoms with Gasteiger partial charge in [-0.05, 0) is 31.9 Å². The maximum Gasteiger partial charge on any atom is 0.331 e. The average Bonchev–Trinajstić information content (AvgIpc) is 2.90. The third-order valence-corrected chi connectivity index (χ3v) is 4.02. The Hall–Kier alpha value is -2.57. The van der Waals surface area contributed by atoms with Gasteiger partial charge in [-0.15, -0.1) is 6.58 Å². The van der Waals surface area contributed by atoms with Crippen LogP contribution in [0.15, 0.2) is 36.4 Å². The Bertz CT molecular complexity index is 703. The minimum Gasteiger partial charge on any atom is -0.478 e. The molecule has 24 heavy (non-hydrogen) atoms. The predicted octanol–water partition coefficient (Wildman–Crippen LogP) is 3.00. The van der Waals surface area contributed by atoms with E-state index >= 15 is 0 Å². The number of aliphatic carboxylic acids is 1. The quantitative estimate of drug-likeness (QED) is 0.510.